The van der Waals surface area contributed by atoms with Crippen molar-refractivity contribution in [2.45, 2.75) is 64.6 Å². The van der Waals surface area contributed by atoms with E-state index in [0.29, 0.717) is 18.6 Å². The Labute approximate surface area is 126 Å². The number of hydrogen-bond acceptors (Lipinski definition) is 3. The molecular weight excluding hydrogens is 264 g/mol. The second-order valence-corrected chi connectivity index (χ2v) is 6.51. The zero-order valence-electron chi connectivity index (χ0n) is 13.1. The van der Waals surface area contributed by atoms with Crippen LogP contribution in [-0.2, 0) is 11.3 Å². The third kappa shape index (κ3) is 3.64. The Balaban J connectivity index is 1.63. The maximum Gasteiger partial charge on any atom is 0.244 e. The Bertz CT molecular complexity index is 500. The summed E-state index contributed by atoms with van der Waals surface area (Å²) in [6.45, 7) is 6.32. The molecule has 3 rings (SSSR count). The van der Waals surface area contributed by atoms with Gasteiger partial charge in [0.15, 0.2) is 0 Å². The molecule has 116 valence electrons. The van der Waals surface area contributed by atoms with Crippen LogP contribution in [0.25, 0.3) is 0 Å². The van der Waals surface area contributed by atoms with Gasteiger partial charge in [-0.15, -0.1) is 0 Å². The number of nitrogens with one attached hydrogen (secondary N) is 1. The van der Waals surface area contributed by atoms with Crippen molar-refractivity contribution >= 4 is 5.91 Å². The van der Waals surface area contributed by atoms with Gasteiger partial charge in [0.1, 0.15) is 6.54 Å². The summed E-state index contributed by atoms with van der Waals surface area (Å²) in [7, 11) is 0. The van der Waals surface area contributed by atoms with Gasteiger partial charge in [-0.2, -0.15) is 5.10 Å². The van der Waals surface area contributed by atoms with Crippen LogP contribution in [0.2, 0.25) is 0 Å². The van der Waals surface area contributed by atoms with Crippen molar-refractivity contribution < 1.29 is 4.79 Å². The van der Waals surface area contributed by atoms with Crippen LogP contribution in [0.15, 0.2) is 6.07 Å². The number of nitrogens with zero attached hydrogens (tertiary/aromatic N) is 3. The van der Waals surface area contributed by atoms with Gasteiger partial charge in [0.25, 0.3) is 0 Å². The predicted octanol–water partition coefficient (Wildman–Crippen LogP) is 1.63. The number of aryl methyl sites for hydroxylation is 2. The van der Waals surface area contributed by atoms with Crippen LogP contribution >= 0.6 is 0 Å². The van der Waals surface area contributed by atoms with E-state index in [2.05, 4.69) is 15.3 Å². The molecule has 1 amide bonds. The fourth-order valence-corrected chi connectivity index (χ4v) is 3.21. The maximum absolute atomic E-state index is 12.7. The molecule has 0 radical (unpaired) electrons. The Kier molecular flexibility index (Phi) is 4.29. The summed E-state index contributed by atoms with van der Waals surface area (Å²) in [5.74, 6) is 0.219. The highest BCUT2D eigenvalue weighted by Crippen LogP contribution is 2.28. The van der Waals surface area contributed by atoms with Crippen LogP contribution in [0.4, 0.5) is 0 Å². The average molecular weight is 290 g/mol. The summed E-state index contributed by atoms with van der Waals surface area (Å²) in [4.78, 5) is 14.8. The summed E-state index contributed by atoms with van der Waals surface area (Å²) in [6.07, 6.45) is 6.06. The lowest BCUT2D eigenvalue weighted by Crippen LogP contribution is -2.47. The van der Waals surface area contributed by atoms with E-state index in [0.717, 1.165) is 37.3 Å². The Morgan fingerprint density at radius 2 is 2.19 bits per heavy atom. The fraction of sp³-hybridized carbons (Fsp3) is 0.750. The van der Waals surface area contributed by atoms with Gasteiger partial charge in [0.05, 0.1) is 5.69 Å². The van der Waals surface area contributed by atoms with Gasteiger partial charge in [-0.05, 0) is 52.1 Å². The van der Waals surface area contributed by atoms with Crippen molar-refractivity contribution in [3.8, 4) is 0 Å². The van der Waals surface area contributed by atoms with Gasteiger partial charge < -0.3 is 10.2 Å². The Morgan fingerprint density at radius 3 is 2.76 bits per heavy atom. The molecule has 21 heavy (non-hydrogen) atoms. The molecule has 2 aliphatic rings. The topological polar surface area (TPSA) is 50.2 Å². The lowest BCUT2D eigenvalue weighted by Gasteiger charge is -2.31. The molecule has 5 heteroatoms. The van der Waals surface area contributed by atoms with E-state index in [1.165, 1.54) is 19.3 Å². The molecule has 2 fully saturated rings. The molecule has 1 aromatic rings. The van der Waals surface area contributed by atoms with Crippen molar-refractivity contribution in [3.63, 3.8) is 0 Å². The monoisotopic (exact) mass is 290 g/mol. The minimum absolute atomic E-state index is 0.219. The van der Waals surface area contributed by atoms with Crippen LogP contribution in [0.3, 0.4) is 0 Å². The number of amides is 1. The van der Waals surface area contributed by atoms with Crippen LogP contribution < -0.4 is 5.32 Å². The smallest absolute Gasteiger partial charge is 0.244 e. The highest BCUT2D eigenvalue weighted by Gasteiger charge is 2.34. The minimum Gasteiger partial charge on any atom is -0.337 e. The van der Waals surface area contributed by atoms with E-state index in [4.69, 9.17) is 0 Å². The van der Waals surface area contributed by atoms with Gasteiger partial charge in [-0.25, -0.2) is 0 Å². The molecule has 1 atom stereocenters. The van der Waals surface area contributed by atoms with Crippen molar-refractivity contribution in [3.05, 3.63) is 17.5 Å². The molecule has 1 aliphatic carbocycles. The first kappa shape index (κ1) is 14.6. The predicted molar refractivity (Wildman–Crippen MR) is 82.1 cm³/mol. The van der Waals surface area contributed by atoms with Crippen LogP contribution in [0.5, 0.6) is 0 Å². The first-order chi connectivity index (χ1) is 10.1. The minimum atomic E-state index is 0.219. The number of carbonyl (C=O) groups is 1. The highest BCUT2D eigenvalue weighted by atomic mass is 16.2. The third-order valence-corrected chi connectivity index (χ3v) is 4.53. The van der Waals surface area contributed by atoms with Gasteiger partial charge in [-0.3, -0.25) is 9.48 Å². The summed E-state index contributed by atoms with van der Waals surface area (Å²) in [5, 5.41) is 7.96. The molecule has 0 spiro atoms. The Morgan fingerprint density at radius 1 is 1.38 bits per heavy atom. The molecule has 2 heterocycles. The quantitative estimate of drug-likeness (QED) is 0.897. The van der Waals surface area contributed by atoms with Crippen molar-refractivity contribution in [2.75, 3.05) is 13.1 Å². The number of hydrogen-bond donors (Lipinski definition) is 1. The van der Waals surface area contributed by atoms with Gasteiger partial charge in [-0.1, -0.05) is 6.42 Å². The second-order valence-electron chi connectivity index (χ2n) is 6.51. The number of rotatable bonds is 5. The highest BCUT2D eigenvalue weighted by molar-refractivity contribution is 5.76. The standard InChI is InChI=1S/C16H26N4O/c1-12-9-13(2)20(18-12)11-16(21)19(15-6-7-15)10-14-5-3-4-8-17-14/h9,14-15,17H,3-8,10-11H2,1-2H3. The summed E-state index contributed by atoms with van der Waals surface area (Å²) in [6, 6.07) is 2.97. The molecule has 1 saturated heterocycles. The average Bonchev–Trinajstić information content (AvgIpc) is 3.24. The van der Waals surface area contributed by atoms with Crippen LogP contribution in [-0.4, -0.2) is 45.8 Å². The fourth-order valence-electron chi connectivity index (χ4n) is 3.21. The van der Waals surface area contributed by atoms with Crippen LogP contribution in [0.1, 0.15) is 43.5 Å². The Hall–Kier alpha value is -1.36. The third-order valence-electron chi connectivity index (χ3n) is 4.53. The molecule has 1 unspecified atom stereocenters. The first-order valence-electron chi connectivity index (χ1n) is 8.17. The van der Waals surface area contributed by atoms with Gasteiger partial charge in [0, 0.05) is 24.3 Å². The second kappa shape index (κ2) is 6.18. The molecule has 1 aliphatic heterocycles. The zero-order chi connectivity index (χ0) is 14.8. The molecule has 1 N–H and O–H groups in total. The van der Waals surface area contributed by atoms with Crippen LogP contribution in [0, 0.1) is 13.8 Å². The SMILES string of the molecule is Cc1cc(C)n(CC(=O)N(CC2CCCCN2)C2CC2)n1. The number of carbonyl (C=O) groups excluding carboxylic acids is 1. The molecular formula is C16H26N4O. The van der Waals surface area contributed by atoms with E-state index < -0.39 is 0 Å². The maximum atomic E-state index is 12.7. The molecule has 1 saturated carbocycles. The van der Waals surface area contributed by atoms with Crippen molar-refractivity contribution in [1.82, 2.24) is 20.0 Å². The molecule has 0 bridgehead atoms. The van der Waals surface area contributed by atoms with Crippen molar-refractivity contribution in [1.29, 1.82) is 0 Å². The van der Waals surface area contributed by atoms with Crippen molar-refractivity contribution in [2.24, 2.45) is 0 Å². The normalized spacial score (nSPS) is 22.3. The lowest BCUT2D eigenvalue weighted by molar-refractivity contribution is -0.133. The molecule has 1 aromatic heterocycles. The first-order valence-corrected chi connectivity index (χ1v) is 8.17. The van der Waals surface area contributed by atoms with Gasteiger partial charge in [0.2, 0.25) is 5.91 Å². The summed E-state index contributed by atoms with van der Waals surface area (Å²) < 4.78 is 1.83. The van der Waals surface area contributed by atoms with E-state index in [9.17, 15) is 4.79 Å². The molecule has 5 nitrogen and oxygen atoms in total. The largest absolute Gasteiger partial charge is 0.337 e. The zero-order valence-corrected chi connectivity index (χ0v) is 13.1. The number of piperidine rings is 1. The number of aromatic nitrogens is 2. The lowest BCUT2D eigenvalue weighted by atomic mass is 10.0. The van der Waals surface area contributed by atoms with E-state index >= 15 is 0 Å². The van der Waals surface area contributed by atoms with E-state index in [1.54, 1.807) is 0 Å². The summed E-state index contributed by atoms with van der Waals surface area (Å²) >= 11 is 0. The summed E-state index contributed by atoms with van der Waals surface area (Å²) in [5.41, 5.74) is 2.04. The molecule has 0 aromatic carbocycles. The van der Waals surface area contributed by atoms with Gasteiger partial charge >= 0.3 is 0 Å². The van der Waals surface area contributed by atoms with E-state index in [-0.39, 0.29) is 5.91 Å². The van der Waals surface area contributed by atoms with E-state index in [1.807, 2.05) is 24.6 Å².